The molecule has 0 aromatic rings. The number of carbonyl (C=O) groups is 3. The van der Waals surface area contributed by atoms with Crippen LogP contribution in [0.15, 0.2) is 85.1 Å². The second-order valence-corrected chi connectivity index (χ2v) is 23.4. The monoisotopic (exact) mass is 1130 g/mol. The summed E-state index contributed by atoms with van der Waals surface area (Å²) in [6.07, 6.45) is 92.0. The molecule has 0 aliphatic rings. The quantitative estimate of drug-likeness (QED) is 0.0261. The van der Waals surface area contributed by atoms with Crippen LogP contribution in [0.2, 0.25) is 0 Å². The number of hydrogen-bond donors (Lipinski definition) is 0. The van der Waals surface area contributed by atoms with E-state index < -0.39 is 6.10 Å². The van der Waals surface area contributed by atoms with E-state index in [9.17, 15) is 14.4 Å². The van der Waals surface area contributed by atoms with Gasteiger partial charge in [0.2, 0.25) is 0 Å². The van der Waals surface area contributed by atoms with E-state index in [1.807, 2.05) is 0 Å². The first-order valence-corrected chi connectivity index (χ1v) is 35.1. The summed E-state index contributed by atoms with van der Waals surface area (Å²) in [5.41, 5.74) is 0. The third-order valence-electron chi connectivity index (χ3n) is 15.4. The van der Waals surface area contributed by atoms with Gasteiger partial charge in [-0.25, -0.2) is 0 Å². The lowest BCUT2D eigenvalue weighted by Gasteiger charge is -2.18. The van der Waals surface area contributed by atoms with Crippen LogP contribution < -0.4 is 0 Å². The summed E-state index contributed by atoms with van der Waals surface area (Å²) in [5.74, 6) is -0.874. The van der Waals surface area contributed by atoms with E-state index in [0.29, 0.717) is 19.3 Å². The first-order valence-electron chi connectivity index (χ1n) is 35.1. The van der Waals surface area contributed by atoms with E-state index >= 15 is 0 Å². The number of unbranched alkanes of at least 4 members (excludes halogenated alkanes) is 39. The fraction of sp³-hybridized carbons (Fsp3) is 0.773. The fourth-order valence-corrected chi connectivity index (χ4v) is 10.2. The summed E-state index contributed by atoms with van der Waals surface area (Å²) in [7, 11) is 0. The molecule has 0 spiro atoms. The van der Waals surface area contributed by atoms with Gasteiger partial charge in [-0.1, -0.05) is 324 Å². The average molecular weight is 1130 g/mol. The fourth-order valence-electron chi connectivity index (χ4n) is 10.2. The van der Waals surface area contributed by atoms with Gasteiger partial charge in [0, 0.05) is 19.3 Å². The van der Waals surface area contributed by atoms with Crippen molar-refractivity contribution in [2.24, 2.45) is 0 Å². The van der Waals surface area contributed by atoms with Gasteiger partial charge in [0.15, 0.2) is 6.10 Å². The van der Waals surface area contributed by atoms with E-state index in [2.05, 4.69) is 106 Å². The number of ether oxygens (including phenoxy) is 3. The van der Waals surface area contributed by atoms with Crippen molar-refractivity contribution in [3.8, 4) is 0 Å². The number of esters is 3. The van der Waals surface area contributed by atoms with E-state index in [1.54, 1.807) is 0 Å². The molecule has 6 nitrogen and oxygen atoms in total. The van der Waals surface area contributed by atoms with E-state index in [4.69, 9.17) is 14.2 Å². The van der Waals surface area contributed by atoms with E-state index in [0.717, 1.165) is 109 Å². The summed E-state index contributed by atoms with van der Waals surface area (Å²) < 4.78 is 16.9. The third-order valence-corrected chi connectivity index (χ3v) is 15.4. The molecular weight excluding hydrogens is 997 g/mol. The first-order chi connectivity index (χ1) is 40.0. The van der Waals surface area contributed by atoms with Crippen molar-refractivity contribution in [1.82, 2.24) is 0 Å². The first kappa shape index (κ1) is 77.6. The molecule has 0 N–H and O–H groups in total. The largest absolute Gasteiger partial charge is 0.462 e. The van der Waals surface area contributed by atoms with Gasteiger partial charge < -0.3 is 14.2 Å². The Labute approximate surface area is 503 Å². The van der Waals surface area contributed by atoms with Gasteiger partial charge in [0.25, 0.3) is 0 Å². The lowest BCUT2D eigenvalue weighted by atomic mass is 10.0. The molecule has 0 saturated carbocycles. The van der Waals surface area contributed by atoms with Crippen molar-refractivity contribution in [2.45, 2.75) is 361 Å². The minimum absolute atomic E-state index is 0.0768. The lowest BCUT2D eigenvalue weighted by Crippen LogP contribution is -2.30. The molecule has 0 rings (SSSR count). The van der Waals surface area contributed by atoms with Crippen LogP contribution >= 0.6 is 0 Å². The molecule has 6 heteroatoms. The van der Waals surface area contributed by atoms with Crippen molar-refractivity contribution in [3.63, 3.8) is 0 Å². The summed E-state index contributed by atoms with van der Waals surface area (Å²) in [5, 5.41) is 0. The number of allylic oxidation sites excluding steroid dienone is 14. The lowest BCUT2D eigenvalue weighted by molar-refractivity contribution is -0.167. The van der Waals surface area contributed by atoms with Gasteiger partial charge in [-0.15, -0.1) is 0 Å². The molecule has 468 valence electrons. The summed E-state index contributed by atoms with van der Waals surface area (Å²) in [6, 6.07) is 0. The highest BCUT2D eigenvalue weighted by Gasteiger charge is 2.19. The predicted molar refractivity (Wildman–Crippen MR) is 353 cm³/mol. The Hall–Kier alpha value is -3.41. The standard InChI is InChI=1S/C75H132O6/c1-4-7-10-13-16-19-21-23-25-27-29-31-32-33-34-35-36-37-38-39-40-41-42-44-45-47-49-51-53-56-59-62-65-68-74(77)80-71-72(70-79-73(76)67-64-61-58-55-18-15-12-9-6-3)81-75(78)69-66-63-60-57-54-52-50-48-46-43-30-28-26-24-22-20-17-14-11-8-5-2/h7,10,16,19,22-25,28-31,46,48,72H,4-6,8-9,11-15,17-18,20-21,26-27,32-45,47,49-71H2,1-3H3/b10-7-,19-16-,24-22-,25-23-,30-28-,31-29-,48-46-. The van der Waals surface area contributed by atoms with Gasteiger partial charge in [-0.05, 0) is 96.3 Å². The Bertz CT molecular complexity index is 1530. The Morgan fingerprint density at radius 3 is 0.753 bits per heavy atom. The SMILES string of the molecule is CC/C=C\C/C=C\C/C=C\C/C=C\CCCCCCCCCCCCCCCCCCCCCCC(=O)OCC(COC(=O)CCCCCCCCCCC)OC(=O)CCCCCCCC/C=C\C/C=C\C/C=C\CCCCCCC. The Balaban J connectivity index is 4.10. The zero-order valence-corrected chi connectivity index (χ0v) is 53.8. The minimum atomic E-state index is -0.780. The highest BCUT2D eigenvalue weighted by atomic mass is 16.6. The molecule has 81 heavy (non-hydrogen) atoms. The van der Waals surface area contributed by atoms with Crippen LogP contribution in [0.25, 0.3) is 0 Å². The van der Waals surface area contributed by atoms with Crippen LogP contribution in [0.4, 0.5) is 0 Å². The summed E-state index contributed by atoms with van der Waals surface area (Å²) in [6.45, 7) is 6.53. The topological polar surface area (TPSA) is 78.9 Å². The maximum Gasteiger partial charge on any atom is 0.306 e. The molecule has 0 heterocycles. The highest BCUT2D eigenvalue weighted by molar-refractivity contribution is 5.71. The molecule has 0 aromatic carbocycles. The summed E-state index contributed by atoms with van der Waals surface area (Å²) in [4.78, 5) is 38.3. The van der Waals surface area contributed by atoms with E-state index in [1.165, 1.54) is 205 Å². The van der Waals surface area contributed by atoms with E-state index in [-0.39, 0.29) is 31.1 Å². The maximum absolute atomic E-state index is 12.9. The average Bonchev–Trinajstić information content (AvgIpc) is 3.47. The maximum atomic E-state index is 12.9. The van der Waals surface area contributed by atoms with Crippen LogP contribution in [0.5, 0.6) is 0 Å². The van der Waals surface area contributed by atoms with Gasteiger partial charge in [0.1, 0.15) is 13.2 Å². The van der Waals surface area contributed by atoms with Gasteiger partial charge in [-0.2, -0.15) is 0 Å². The molecular formula is C75H132O6. The number of hydrogen-bond acceptors (Lipinski definition) is 6. The van der Waals surface area contributed by atoms with Crippen molar-refractivity contribution >= 4 is 17.9 Å². The van der Waals surface area contributed by atoms with Crippen molar-refractivity contribution in [1.29, 1.82) is 0 Å². The zero-order valence-electron chi connectivity index (χ0n) is 53.8. The molecule has 1 atom stereocenters. The second kappa shape index (κ2) is 69.1. The van der Waals surface area contributed by atoms with Crippen LogP contribution in [0.1, 0.15) is 355 Å². The molecule has 0 aromatic heterocycles. The second-order valence-electron chi connectivity index (χ2n) is 23.4. The number of carbonyl (C=O) groups excluding carboxylic acids is 3. The molecule has 0 radical (unpaired) electrons. The molecule has 0 fully saturated rings. The normalized spacial score (nSPS) is 12.6. The predicted octanol–water partition coefficient (Wildman–Crippen LogP) is 24.2. The minimum Gasteiger partial charge on any atom is -0.462 e. The Morgan fingerprint density at radius 2 is 0.481 bits per heavy atom. The van der Waals surface area contributed by atoms with Crippen molar-refractivity contribution in [2.75, 3.05) is 13.2 Å². The highest BCUT2D eigenvalue weighted by Crippen LogP contribution is 2.18. The summed E-state index contributed by atoms with van der Waals surface area (Å²) >= 11 is 0. The van der Waals surface area contributed by atoms with Gasteiger partial charge >= 0.3 is 17.9 Å². The van der Waals surface area contributed by atoms with Crippen molar-refractivity contribution in [3.05, 3.63) is 85.1 Å². The molecule has 0 bridgehead atoms. The number of rotatable bonds is 64. The Kier molecular flexibility index (Phi) is 66.2. The molecule has 0 saturated heterocycles. The molecule has 0 aliphatic carbocycles. The zero-order chi connectivity index (χ0) is 58.5. The van der Waals surface area contributed by atoms with Crippen LogP contribution in [0, 0.1) is 0 Å². The molecule has 0 aliphatic heterocycles. The molecule has 0 amide bonds. The Morgan fingerprint density at radius 1 is 0.259 bits per heavy atom. The van der Waals surface area contributed by atoms with Gasteiger partial charge in [-0.3, -0.25) is 14.4 Å². The van der Waals surface area contributed by atoms with Crippen molar-refractivity contribution < 1.29 is 28.6 Å². The van der Waals surface area contributed by atoms with Crippen LogP contribution in [-0.2, 0) is 28.6 Å². The van der Waals surface area contributed by atoms with Crippen LogP contribution in [-0.4, -0.2) is 37.2 Å². The van der Waals surface area contributed by atoms with Crippen LogP contribution in [0.3, 0.4) is 0 Å². The molecule has 1 unspecified atom stereocenters. The van der Waals surface area contributed by atoms with Gasteiger partial charge in [0.05, 0.1) is 0 Å². The third kappa shape index (κ3) is 67.3. The smallest absolute Gasteiger partial charge is 0.306 e.